The van der Waals surface area contributed by atoms with Gasteiger partial charge in [0.25, 0.3) is 0 Å². The Morgan fingerprint density at radius 3 is 2.35 bits per heavy atom. The molecular weight excluding hydrogens is 271 g/mol. The van der Waals surface area contributed by atoms with Crippen molar-refractivity contribution in [2.45, 2.75) is 18.4 Å². The van der Waals surface area contributed by atoms with Crippen LogP contribution in [0, 0.1) is 5.92 Å². The summed E-state index contributed by atoms with van der Waals surface area (Å²) in [4.78, 5) is 0. The van der Waals surface area contributed by atoms with Crippen LogP contribution in [0.4, 0.5) is 0 Å². The van der Waals surface area contributed by atoms with Gasteiger partial charge in [0.2, 0.25) is 0 Å². The molecule has 0 radical (unpaired) electrons. The van der Waals surface area contributed by atoms with Crippen molar-refractivity contribution in [2.75, 3.05) is 0 Å². The molecule has 1 aliphatic carbocycles. The second kappa shape index (κ2) is 5.71. The summed E-state index contributed by atoms with van der Waals surface area (Å²) in [6.45, 7) is 4.59. The summed E-state index contributed by atoms with van der Waals surface area (Å²) in [6, 6.07) is 22.1. The predicted octanol–water partition coefficient (Wildman–Crippen LogP) is 5.77. The van der Waals surface area contributed by atoms with Crippen molar-refractivity contribution in [3.05, 3.63) is 77.4 Å². The molecule has 0 aromatic heterocycles. The maximum atomic E-state index is 2.43. The zero-order valence-electron chi connectivity index (χ0n) is 14.0. The van der Waals surface area contributed by atoms with Crippen molar-refractivity contribution < 1.29 is 0 Å². The summed E-state index contributed by atoms with van der Waals surface area (Å²) in [5.41, 5.74) is 7.14. The van der Waals surface area contributed by atoms with Gasteiger partial charge in [0.15, 0.2) is 0 Å². The van der Waals surface area contributed by atoms with E-state index in [1.165, 1.54) is 33.0 Å². The molecule has 108 valence electrons. The molecule has 1 unspecified atom stereocenters. The first-order valence-corrected chi connectivity index (χ1v) is 8.49. The van der Waals surface area contributed by atoms with Gasteiger partial charge in [-0.1, -0.05) is 0 Å². The van der Waals surface area contributed by atoms with Crippen molar-refractivity contribution in [1.82, 2.24) is 0 Å². The van der Waals surface area contributed by atoms with Gasteiger partial charge in [0, 0.05) is 0 Å². The van der Waals surface area contributed by atoms with Crippen LogP contribution < -0.4 is 0 Å². The Morgan fingerprint density at radius 2 is 1.52 bits per heavy atom. The zero-order valence-corrected chi connectivity index (χ0v) is 14.0. The number of fused-ring (bicyclic) bond motifs is 2. The van der Waals surface area contributed by atoms with E-state index in [-0.39, 0.29) is 0 Å². The van der Waals surface area contributed by atoms with Gasteiger partial charge >= 0.3 is 147 Å². The third kappa shape index (κ3) is 2.38. The normalized spacial score (nSPS) is 16.7. The van der Waals surface area contributed by atoms with E-state index >= 15 is 0 Å². The Bertz CT molecular complexity index is 913. The predicted molar refractivity (Wildman–Crippen MR) is 101 cm³/mol. The molecule has 4 rings (SSSR count). The Labute approximate surface area is 147 Å². The van der Waals surface area contributed by atoms with Crippen molar-refractivity contribution in [1.29, 1.82) is 0 Å². The van der Waals surface area contributed by atoms with E-state index in [2.05, 4.69) is 98.3 Å². The van der Waals surface area contributed by atoms with Gasteiger partial charge in [-0.15, -0.1) is 0 Å². The van der Waals surface area contributed by atoms with E-state index in [0.29, 0.717) is 10.5 Å². The third-order valence-corrected chi connectivity index (χ3v) is 5.16. The number of hydrogen-bond donors (Lipinski definition) is 0. The van der Waals surface area contributed by atoms with Crippen LogP contribution >= 0.6 is 0 Å². The number of benzene rings is 3. The fourth-order valence-electron chi connectivity index (χ4n) is 3.95. The Hall–Kier alpha value is -1.74. The van der Waals surface area contributed by atoms with Crippen LogP contribution in [0.25, 0.3) is 28.0 Å². The van der Waals surface area contributed by atoms with Crippen molar-refractivity contribution in [3.63, 3.8) is 0 Å². The van der Waals surface area contributed by atoms with Gasteiger partial charge in [-0.05, 0) is 0 Å². The second-order valence-corrected chi connectivity index (χ2v) is 6.86. The number of hydrogen-bond acceptors (Lipinski definition) is 0. The molecule has 1 aliphatic rings. The van der Waals surface area contributed by atoms with Gasteiger partial charge in [-0.25, -0.2) is 0 Å². The SMILES string of the molecule is [Li][CH]1C(C(C)C)=Cc2c(-c3cccc4ccccc34)cccc21. The van der Waals surface area contributed by atoms with Gasteiger partial charge in [-0.3, -0.25) is 0 Å². The van der Waals surface area contributed by atoms with Crippen molar-refractivity contribution >= 4 is 34.6 Å². The average Bonchev–Trinajstić information content (AvgIpc) is 2.92. The summed E-state index contributed by atoms with van der Waals surface area (Å²) in [6.07, 6.45) is 2.43. The molecule has 1 heteroatoms. The molecule has 0 bridgehead atoms. The first kappa shape index (κ1) is 14.8. The minimum absolute atomic E-state index is 0.528. The Kier molecular flexibility index (Phi) is 3.68. The molecule has 0 N–H and O–H groups in total. The monoisotopic (exact) mass is 290 g/mol. The van der Waals surface area contributed by atoms with Gasteiger partial charge in [0.1, 0.15) is 0 Å². The molecule has 3 aromatic carbocycles. The van der Waals surface area contributed by atoms with Gasteiger partial charge in [0.05, 0.1) is 0 Å². The van der Waals surface area contributed by atoms with Crippen LogP contribution in [0.1, 0.15) is 29.6 Å². The summed E-state index contributed by atoms with van der Waals surface area (Å²) in [5.74, 6) is 0.595. The molecule has 0 aliphatic heterocycles. The molecule has 23 heavy (non-hydrogen) atoms. The van der Waals surface area contributed by atoms with Gasteiger partial charge < -0.3 is 0 Å². The van der Waals surface area contributed by atoms with E-state index in [1.807, 2.05) is 0 Å². The van der Waals surface area contributed by atoms with E-state index in [1.54, 1.807) is 5.57 Å². The summed E-state index contributed by atoms with van der Waals surface area (Å²) >= 11 is 2.34. The maximum absolute atomic E-state index is 2.43. The molecule has 0 nitrogen and oxygen atoms in total. The Balaban J connectivity index is 1.99. The first-order valence-electron chi connectivity index (χ1n) is 8.49. The fraction of sp³-hybridized carbons (Fsp3) is 0.182. The zero-order chi connectivity index (χ0) is 16.0. The number of allylic oxidation sites excluding steroid dienone is 1. The minimum atomic E-state index is 0.528. The van der Waals surface area contributed by atoms with E-state index in [9.17, 15) is 0 Å². The molecule has 0 amide bonds. The fourth-order valence-corrected chi connectivity index (χ4v) is 3.95. The van der Waals surface area contributed by atoms with Crippen molar-refractivity contribution in [2.24, 2.45) is 5.92 Å². The summed E-state index contributed by atoms with van der Waals surface area (Å²) in [7, 11) is 0. The molecule has 0 fully saturated rings. The molecule has 3 aromatic rings. The number of rotatable bonds is 2. The molecule has 1 atom stereocenters. The standard InChI is InChI=1S/C22H19.Li/c1-15(2)18-13-17-9-6-12-21(22(17)14-18)20-11-5-8-16-7-3-4-10-19(16)20;/h3-15H,1-2H3;. The summed E-state index contributed by atoms with van der Waals surface area (Å²) in [5, 5.41) is 2.64. The molecular formula is C22H19Li. The van der Waals surface area contributed by atoms with E-state index in [0.717, 1.165) is 0 Å². The molecule has 0 spiro atoms. The van der Waals surface area contributed by atoms with Crippen LogP contribution in [0.2, 0.25) is 0 Å². The van der Waals surface area contributed by atoms with Crippen LogP contribution in [0.3, 0.4) is 0 Å². The third-order valence-electron chi connectivity index (χ3n) is 5.16. The van der Waals surface area contributed by atoms with Crippen molar-refractivity contribution in [3.8, 4) is 11.1 Å². The van der Waals surface area contributed by atoms with Crippen LogP contribution in [-0.2, 0) is 0 Å². The van der Waals surface area contributed by atoms with Crippen LogP contribution in [0.15, 0.2) is 66.2 Å². The average molecular weight is 290 g/mol. The van der Waals surface area contributed by atoms with E-state index < -0.39 is 0 Å². The summed E-state index contributed by atoms with van der Waals surface area (Å²) < 4.78 is 0.528. The molecule has 0 heterocycles. The quantitative estimate of drug-likeness (QED) is 0.526. The van der Waals surface area contributed by atoms with Gasteiger partial charge in [-0.2, -0.15) is 0 Å². The Morgan fingerprint density at radius 1 is 0.826 bits per heavy atom. The van der Waals surface area contributed by atoms with Crippen LogP contribution in [0.5, 0.6) is 0 Å². The topological polar surface area (TPSA) is 0 Å². The van der Waals surface area contributed by atoms with E-state index in [4.69, 9.17) is 0 Å². The second-order valence-electron chi connectivity index (χ2n) is 6.86. The first-order chi connectivity index (χ1) is 11.2. The van der Waals surface area contributed by atoms with Crippen LogP contribution in [-0.4, -0.2) is 17.7 Å². The molecule has 0 saturated carbocycles. The molecule has 0 saturated heterocycles.